The van der Waals surface area contributed by atoms with E-state index < -0.39 is 37.3 Å². The topological polar surface area (TPSA) is 138 Å². The number of hydrogen-bond acceptors (Lipinski definition) is 9. The number of methoxy groups -OCH3 is 2. The molecule has 1 aliphatic heterocycles. The molecule has 0 aliphatic carbocycles. The fraction of sp³-hybridized carbons (Fsp3) is 0.455. The van der Waals surface area contributed by atoms with Crippen molar-refractivity contribution in [3.05, 3.63) is 47.5 Å². The molecule has 5 N–H and O–H groups in total. The van der Waals surface area contributed by atoms with Gasteiger partial charge in [0.1, 0.15) is 24.4 Å². The van der Waals surface area contributed by atoms with E-state index in [1.165, 1.54) is 14.2 Å². The lowest BCUT2D eigenvalue weighted by atomic mass is 9.99. The molecule has 0 saturated carbocycles. The molecule has 3 rings (SSSR count). The Hall–Kier alpha value is -2.56. The van der Waals surface area contributed by atoms with Gasteiger partial charge in [0.05, 0.1) is 20.8 Å². The van der Waals surface area contributed by atoms with Crippen LogP contribution in [0.2, 0.25) is 0 Å². The molecule has 0 radical (unpaired) electrons. The van der Waals surface area contributed by atoms with E-state index in [0.717, 1.165) is 11.1 Å². The molecular formula is C22H28O9. The second-order valence-electron chi connectivity index (χ2n) is 7.31. The zero-order valence-corrected chi connectivity index (χ0v) is 17.3. The van der Waals surface area contributed by atoms with Crippen molar-refractivity contribution < 1.29 is 44.5 Å². The maximum Gasteiger partial charge on any atom is 0.229 e. The summed E-state index contributed by atoms with van der Waals surface area (Å²) in [6.07, 6.45) is -5.45. The second-order valence-corrected chi connectivity index (χ2v) is 7.31. The van der Waals surface area contributed by atoms with E-state index in [1.807, 2.05) is 12.1 Å². The molecule has 31 heavy (non-hydrogen) atoms. The van der Waals surface area contributed by atoms with Gasteiger partial charge in [-0.15, -0.1) is 0 Å². The minimum absolute atomic E-state index is 0.0858. The Morgan fingerprint density at radius 1 is 0.806 bits per heavy atom. The largest absolute Gasteiger partial charge is 0.504 e. The number of phenolic OH excluding ortho intramolecular Hbond substituents is 1. The highest BCUT2D eigenvalue weighted by Crippen LogP contribution is 2.33. The number of rotatable bonds is 8. The normalized spacial score (nSPS) is 25.8. The molecule has 9 heteroatoms. The summed E-state index contributed by atoms with van der Waals surface area (Å²) in [7, 11) is 2.97. The Balaban J connectivity index is 1.70. The third kappa shape index (κ3) is 5.20. The van der Waals surface area contributed by atoms with Crippen molar-refractivity contribution in [3.63, 3.8) is 0 Å². The first-order valence-corrected chi connectivity index (χ1v) is 9.88. The zero-order valence-electron chi connectivity index (χ0n) is 17.3. The highest BCUT2D eigenvalue weighted by molar-refractivity contribution is 5.44. The van der Waals surface area contributed by atoms with Crippen molar-refractivity contribution >= 4 is 0 Å². The van der Waals surface area contributed by atoms with Crippen LogP contribution in [0, 0.1) is 0 Å². The lowest BCUT2D eigenvalue weighted by molar-refractivity contribution is -0.277. The summed E-state index contributed by atoms with van der Waals surface area (Å²) in [4.78, 5) is 0. The molecular weight excluding hydrogens is 408 g/mol. The Kier molecular flexibility index (Phi) is 7.58. The summed E-state index contributed by atoms with van der Waals surface area (Å²) in [5.74, 6) is 1.18. The molecule has 1 saturated heterocycles. The maximum atomic E-state index is 10.2. The van der Waals surface area contributed by atoms with Crippen LogP contribution in [0.15, 0.2) is 36.4 Å². The Morgan fingerprint density at radius 2 is 1.42 bits per heavy atom. The van der Waals surface area contributed by atoms with Crippen LogP contribution in [0.5, 0.6) is 23.0 Å². The van der Waals surface area contributed by atoms with E-state index in [0.29, 0.717) is 24.3 Å². The maximum absolute atomic E-state index is 10.2. The van der Waals surface area contributed by atoms with Crippen LogP contribution in [0.3, 0.4) is 0 Å². The molecule has 170 valence electrons. The summed E-state index contributed by atoms with van der Waals surface area (Å²) in [6.45, 7) is -0.539. The van der Waals surface area contributed by atoms with Crippen LogP contribution >= 0.6 is 0 Å². The molecule has 2 aromatic rings. The van der Waals surface area contributed by atoms with Crippen LogP contribution in [0.1, 0.15) is 11.1 Å². The quantitative estimate of drug-likeness (QED) is 0.397. The van der Waals surface area contributed by atoms with Gasteiger partial charge in [0.25, 0.3) is 0 Å². The molecule has 0 amide bonds. The van der Waals surface area contributed by atoms with E-state index in [2.05, 4.69) is 0 Å². The highest BCUT2D eigenvalue weighted by Gasteiger charge is 2.44. The van der Waals surface area contributed by atoms with Crippen molar-refractivity contribution in [1.82, 2.24) is 0 Å². The zero-order chi connectivity index (χ0) is 22.5. The fourth-order valence-electron chi connectivity index (χ4n) is 3.42. The van der Waals surface area contributed by atoms with Crippen molar-refractivity contribution in [2.75, 3.05) is 20.8 Å². The summed E-state index contributed by atoms with van der Waals surface area (Å²) < 4.78 is 21.6. The predicted molar refractivity (Wildman–Crippen MR) is 109 cm³/mol. The SMILES string of the molecule is COc1cc(CCc2ccc(O[C@@H]3O[C@H](CO)[C@@H](O)[C@H](O)[C@H]3O)c(OC)c2)ccc1O. The first-order valence-electron chi connectivity index (χ1n) is 9.88. The lowest BCUT2D eigenvalue weighted by Gasteiger charge is -2.39. The fourth-order valence-corrected chi connectivity index (χ4v) is 3.42. The molecule has 1 fully saturated rings. The Labute approximate surface area is 180 Å². The predicted octanol–water partition coefficient (Wildman–Crippen LogP) is 0.373. The van der Waals surface area contributed by atoms with Crippen LogP contribution in [0.4, 0.5) is 0 Å². The van der Waals surface area contributed by atoms with E-state index in [-0.39, 0.29) is 11.5 Å². The van der Waals surface area contributed by atoms with Gasteiger partial charge in [0.15, 0.2) is 23.0 Å². The smallest absolute Gasteiger partial charge is 0.229 e. The average Bonchev–Trinajstić information content (AvgIpc) is 2.79. The van der Waals surface area contributed by atoms with Crippen LogP contribution < -0.4 is 14.2 Å². The van der Waals surface area contributed by atoms with Crippen molar-refractivity contribution in [1.29, 1.82) is 0 Å². The van der Waals surface area contributed by atoms with Gasteiger partial charge in [-0.3, -0.25) is 0 Å². The van der Waals surface area contributed by atoms with Crippen LogP contribution in [0.25, 0.3) is 0 Å². The third-order valence-corrected chi connectivity index (χ3v) is 5.27. The Bertz CT molecular complexity index is 870. The number of benzene rings is 2. The standard InChI is InChI=1S/C22H28O9/c1-28-16-9-12(5-7-14(16)24)3-4-13-6-8-15(17(10-13)29-2)30-22-21(27)20(26)19(25)18(11-23)31-22/h5-10,18-27H,3-4,11H2,1-2H3/t18-,19-,20+,21-,22-/m1/s1. The van der Waals surface area contributed by atoms with Gasteiger partial charge in [0.2, 0.25) is 6.29 Å². The summed E-state index contributed by atoms with van der Waals surface area (Å²) >= 11 is 0. The van der Waals surface area contributed by atoms with Gasteiger partial charge in [-0.1, -0.05) is 12.1 Å². The third-order valence-electron chi connectivity index (χ3n) is 5.27. The van der Waals surface area contributed by atoms with E-state index in [9.17, 15) is 25.5 Å². The molecule has 0 aromatic heterocycles. The first-order chi connectivity index (χ1) is 14.9. The van der Waals surface area contributed by atoms with Gasteiger partial charge < -0.3 is 44.5 Å². The monoisotopic (exact) mass is 436 g/mol. The highest BCUT2D eigenvalue weighted by atomic mass is 16.7. The molecule has 5 atom stereocenters. The van der Waals surface area contributed by atoms with Crippen molar-refractivity contribution in [2.24, 2.45) is 0 Å². The van der Waals surface area contributed by atoms with Gasteiger partial charge in [0, 0.05) is 0 Å². The average molecular weight is 436 g/mol. The molecule has 0 unspecified atom stereocenters. The number of aromatic hydroxyl groups is 1. The minimum atomic E-state index is -1.52. The van der Waals surface area contributed by atoms with E-state index >= 15 is 0 Å². The number of aliphatic hydroxyl groups is 4. The molecule has 2 aromatic carbocycles. The van der Waals surface area contributed by atoms with Crippen molar-refractivity contribution in [3.8, 4) is 23.0 Å². The molecule has 0 spiro atoms. The van der Waals surface area contributed by atoms with Crippen LogP contribution in [-0.4, -0.2) is 77.1 Å². The van der Waals surface area contributed by atoms with Gasteiger partial charge in [-0.2, -0.15) is 0 Å². The van der Waals surface area contributed by atoms with E-state index in [1.54, 1.807) is 24.3 Å². The van der Waals surface area contributed by atoms with Crippen molar-refractivity contribution in [2.45, 2.75) is 43.5 Å². The van der Waals surface area contributed by atoms with Gasteiger partial charge in [-0.05, 0) is 48.2 Å². The summed E-state index contributed by atoms with van der Waals surface area (Å²) in [5.41, 5.74) is 1.96. The summed E-state index contributed by atoms with van der Waals surface area (Å²) in [6, 6.07) is 10.5. The molecule has 1 heterocycles. The van der Waals surface area contributed by atoms with E-state index in [4.69, 9.17) is 18.9 Å². The molecule has 9 nitrogen and oxygen atoms in total. The minimum Gasteiger partial charge on any atom is -0.504 e. The number of hydrogen-bond donors (Lipinski definition) is 5. The number of ether oxygens (including phenoxy) is 4. The molecule has 1 aliphatic rings. The summed E-state index contributed by atoms with van der Waals surface area (Å²) in [5, 5.41) is 49.0. The van der Waals surface area contributed by atoms with Crippen LogP contribution in [-0.2, 0) is 17.6 Å². The van der Waals surface area contributed by atoms with Gasteiger partial charge >= 0.3 is 0 Å². The first kappa shape index (κ1) is 23.1. The number of aryl methyl sites for hydroxylation is 2. The molecule has 0 bridgehead atoms. The Morgan fingerprint density at radius 3 is 2.03 bits per heavy atom. The number of aliphatic hydroxyl groups excluding tert-OH is 4. The second kappa shape index (κ2) is 10.2. The van der Waals surface area contributed by atoms with Gasteiger partial charge in [-0.25, -0.2) is 0 Å². The lowest BCUT2D eigenvalue weighted by Crippen LogP contribution is -2.60. The number of phenols is 1.